The second kappa shape index (κ2) is 6.02. The minimum atomic E-state index is -0.243. The summed E-state index contributed by atoms with van der Waals surface area (Å²) in [6.45, 7) is 4.44. The fourth-order valence-corrected chi connectivity index (χ4v) is 3.03. The number of carbonyl (C=O) groups is 1. The zero-order valence-electron chi connectivity index (χ0n) is 12.1. The number of carbonyl (C=O) groups excluding carboxylic acids is 1. The molecule has 9 nitrogen and oxygen atoms in total. The summed E-state index contributed by atoms with van der Waals surface area (Å²) in [5.41, 5.74) is 1.40. The number of aromatic nitrogens is 7. The van der Waals surface area contributed by atoms with E-state index in [1.807, 2.05) is 13.8 Å². The maximum atomic E-state index is 12.3. The molecule has 0 unspecified atom stereocenters. The SMILES string of the molecule is CCc1nc(C)sc1CNC(=O)c1cn[nH]c1-n1cnnn1. The molecule has 0 aliphatic rings. The van der Waals surface area contributed by atoms with Gasteiger partial charge in [0.25, 0.3) is 5.91 Å². The topological polar surface area (TPSA) is 114 Å². The van der Waals surface area contributed by atoms with Crippen LogP contribution in [0, 0.1) is 6.92 Å². The van der Waals surface area contributed by atoms with Gasteiger partial charge in [0.2, 0.25) is 0 Å². The van der Waals surface area contributed by atoms with Crippen LogP contribution in [0.5, 0.6) is 0 Å². The highest BCUT2D eigenvalue weighted by atomic mass is 32.1. The van der Waals surface area contributed by atoms with E-state index in [1.54, 1.807) is 11.3 Å². The molecule has 3 heterocycles. The summed E-state index contributed by atoms with van der Waals surface area (Å²) in [5.74, 6) is 0.186. The number of tetrazole rings is 1. The van der Waals surface area contributed by atoms with Crippen molar-refractivity contribution in [2.24, 2.45) is 0 Å². The molecule has 0 saturated heterocycles. The number of hydrogen-bond donors (Lipinski definition) is 2. The Labute approximate surface area is 129 Å². The van der Waals surface area contributed by atoms with Gasteiger partial charge in [-0.1, -0.05) is 6.92 Å². The molecule has 0 aliphatic carbocycles. The molecular formula is C12H14N8OS. The van der Waals surface area contributed by atoms with Crippen LogP contribution >= 0.6 is 11.3 Å². The molecule has 0 radical (unpaired) electrons. The van der Waals surface area contributed by atoms with Gasteiger partial charge in [0.05, 0.1) is 23.4 Å². The lowest BCUT2D eigenvalue weighted by Gasteiger charge is -2.04. The predicted molar refractivity (Wildman–Crippen MR) is 78.7 cm³/mol. The number of H-pyrrole nitrogens is 1. The number of rotatable bonds is 5. The molecule has 10 heteroatoms. The van der Waals surface area contributed by atoms with E-state index in [0.717, 1.165) is 22.0 Å². The Hall–Kier alpha value is -2.62. The molecule has 0 bridgehead atoms. The monoisotopic (exact) mass is 318 g/mol. The second-order valence-electron chi connectivity index (χ2n) is 4.53. The third kappa shape index (κ3) is 2.72. The lowest BCUT2D eigenvalue weighted by molar-refractivity contribution is 0.0951. The summed E-state index contributed by atoms with van der Waals surface area (Å²) in [6.07, 6.45) is 3.69. The summed E-state index contributed by atoms with van der Waals surface area (Å²) in [5, 5.41) is 21.3. The van der Waals surface area contributed by atoms with Crippen LogP contribution in [0.3, 0.4) is 0 Å². The maximum Gasteiger partial charge on any atom is 0.257 e. The average molecular weight is 318 g/mol. The fourth-order valence-electron chi connectivity index (χ4n) is 2.07. The quantitative estimate of drug-likeness (QED) is 0.713. The van der Waals surface area contributed by atoms with Gasteiger partial charge in [-0.15, -0.1) is 16.4 Å². The normalized spacial score (nSPS) is 10.8. The van der Waals surface area contributed by atoms with Crippen molar-refractivity contribution in [2.75, 3.05) is 0 Å². The second-order valence-corrected chi connectivity index (χ2v) is 5.81. The summed E-state index contributed by atoms with van der Waals surface area (Å²) < 4.78 is 1.36. The molecule has 1 amide bonds. The van der Waals surface area contributed by atoms with Gasteiger partial charge >= 0.3 is 0 Å². The van der Waals surface area contributed by atoms with E-state index in [2.05, 4.69) is 36.0 Å². The van der Waals surface area contributed by atoms with Crippen LogP contribution < -0.4 is 5.32 Å². The Morgan fingerprint density at radius 1 is 1.50 bits per heavy atom. The van der Waals surface area contributed by atoms with Crippen molar-refractivity contribution in [1.82, 2.24) is 40.7 Å². The molecule has 0 atom stereocenters. The summed E-state index contributed by atoms with van der Waals surface area (Å²) in [4.78, 5) is 17.8. The minimum absolute atomic E-state index is 0.243. The van der Waals surface area contributed by atoms with Crippen molar-refractivity contribution in [1.29, 1.82) is 0 Å². The zero-order chi connectivity index (χ0) is 15.5. The highest BCUT2D eigenvalue weighted by Gasteiger charge is 2.17. The number of thiazole rings is 1. The molecule has 3 rings (SSSR count). The van der Waals surface area contributed by atoms with E-state index in [1.165, 1.54) is 17.2 Å². The Morgan fingerprint density at radius 2 is 2.36 bits per heavy atom. The number of amides is 1. The maximum absolute atomic E-state index is 12.3. The van der Waals surface area contributed by atoms with Gasteiger partial charge in [0, 0.05) is 4.88 Å². The Balaban J connectivity index is 1.74. The zero-order valence-corrected chi connectivity index (χ0v) is 12.9. The molecule has 3 aromatic rings. The van der Waals surface area contributed by atoms with Crippen LogP contribution in [-0.2, 0) is 13.0 Å². The lowest BCUT2D eigenvalue weighted by Crippen LogP contribution is -2.23. The van der Waals surface area contributed by atoms with Gasteiger partial charge < -0.3 is 5.32 Å². The van der Waals surface area contributed by atoms with Gasteiger partial charge in [-0.25, -0.2) is 4.98 Å². The number of nitrogens with one attached hydrogen (secondary N) is 2. The first-order valence-electron chi connectivity index (χ1n) is 6.69. The van der Waals surface area contributed by atoms with Crippen LogP contribution in [0.25, 0.3) is 5.82 Å². The first kappa shape index (κ1) is 14.3. The standard InChI is InChI=1S/C12H14N8OS/c1-3-9-10(22-7(2)16-9)5-13-12(21)8-4-14-17-11(8)20-6-15-18-19-20/h4,6H,3,5H2,1-2H3,(H,13,21)(H,14,17). The van der Waals surface area contributed by atoms with Crippen LogP contribution in [0.1, 0.15) is 32.9 Å². The van der Waals surface area contributed by atoms with Crippen LogP contribution in [0.15, 0.2) is 12.5 Å². The molecule has 0 saturated carbocycles. The van der Waals surface area contributed by atoms with Crippen molar-refractivity contribution in [3.8, 4) is 5.82 Å². The lowest BCUT2D eigenvalue weighted by atomic mass is 10.2. The Bertz CT molecular complexity index is 775. The number of aromatic amines is 1. The molecule has 0 fully saturated rings. The molecule has 22 heavy (non-hydrogen) atoms. The van der Waals surface area contributed by atoms with Crippen molar-refractivity contribution in [3.63, 3.8) is 0 Å². The van der Waals surface area contributed by atoms with E-state index in [-0.39, 0.29) is 5.91 Å². The Kier molecular flexibility index (Phi) is 3.92. The van der Waals surface area contributed by atoms with Crippen molar-refractivity contribution >= 4 is 17.2 Å². The molecule has 0 aliphatic heterocycles. The van der Waals surface area contributed by atoms with Crippen molar-refractivity contribution in [2.45, 2.75) is 26.8 Å². The highest BCUT2D eigenvalue weighted by molar-refractivity contribution is 7.11. The molecule has 0 spiro atoms. The van der Waals surface area contributed by atoms with Gasteiger partial charge in [-0.05, 0) is 23.8 Å². The van der Waals surface area contributed by atoms with Gasteiger partial charge in [0.15, 0.2) is 5.82 Å². The van der Waals surface area contributed by atoms with Crippen molar-refractivity contribution < 1.29 is 4.79 Å². The first-order valence-corrected chi connectivity index (χ1v) is 7.50. The third-order valence-corrected chi connectivity index (χ3v) is 4.08. The summed E-state index contributed by atoms with van der Waals surface area (Å²) in [6, 6.07) is 0. The van der Waals surface area contributed by atoms with Crippen molar-refractivity contribution in [3.05, 3.63) is 33.7 Å². The summed E-state index contributed by atoms with van der Waals surface area (Å²) in [7, 11) is 0. The molecular weight excluding hydrogens is 304 g/mol. The molecule has 3 aromatic heterocycles. The van der Waals surface area contributed by atoms with Crippen LogP contribution in [-0.4, -0.2) is 41.3 Å². The predicted octanol–water partition coefficient (Wildman–Crippen LogP) is 0.643. The smallest absolute Gasteiger partial charge is 0.257 e. The van der Waals surface area contributed by atoms with E-state index < -0.39 is 0 Å². The fraction of sp³-hybridized carbons (Fsp3) is 0.333. The van der Waals surface area contributed by atoms with E-state index >= 15 is 0 Å². The first-order chi connectivity index (χ1) is 10.7. The van der Waals surface area contributed by atoms with Gasteiger partial charge in [-0.3, -0.25) is 9.89 Å². The van der Waals surface area contributed by atoms with E-state index in [9.17, 15) is 4.79 Å². The third-order valence-electron chi connectivity index (χ3n) is 3.07. The highest BCUT2D eigenvalue weighted by Crippen LogP contribution is 2.18. The van der Waals surface area contributed by atoms with E-state index in [4.69, 9.17) is 0 Å². The Morgan fingerprint density at radius 3 is 3.09 bits per heavy atom. The molecule has 2 N–H and O–H groups in total. The van der Waals surface area contributed by atoms with Gasteiger partial charge in [0.1, 0.15) is 11.9 Å². The summed E-state index contributed by atoms with van der Waals surface area (Å²) >= 11 is 1.59. The molecule has 114 valence electrons. The number of nitrogens with zero attached hydrogens (tertiary/aromatic N) is 6. The minimum Gasteiger partial charge on any atom is -0.347 e. The van der Waals surface area contributed by atoms with Crippen LogP contribution in [0.2, 0.25) is 0 Å². The number of aryl methyl sites for hydroxylation is 2. The van der Waals surface area contributed by atoms with Gasteiger partial charge in [-0.2, -0.15) is 9.78 Å². The van der Waals surface area contributed by atoms with E-state index in [0.29, 0.717) is 17.9 Å². The average Bonchev–Trinajstić information content (AvgIpc) is 3.23. The number of hydrogen-bond acceptors (Lipinski definition) is 7. The molecule has 0 aromatic carbocycles. The largest absolute Gasteiger partial charge is 0.347 e. The van der Waals surface area contributed by atoms with Crippen LogP contribution in [0.4, 0.5) is 0 Å².